The van der Waals surface area contributed by atoms with Crippen LogP contribution >= 0.6 is 23.5 Å². The van der Waals surface area contributed by atoms with Crippen molar-refractivity contribution in [2.75, 3.05) is 11.5 Å². The van der Waals surface area contributed by atoms with Crippen molar-refractivity contribution in [3.8, 4) is 0 Å². The summed E-state index contributed by atoms with van der Waals surface area (Å²) in [5.74, 6) is 3.40. The molecule has 1 saturated heterocycles. The van der Waals surface area contributed by atoms with Gasteiger partial charge in [0.2, 0.25) is 0 Å². The highest BCUT2D eigenvalue weighted by molar-refractivity contribution is 8.20. The summed E-state index contributed by atoms with van der Waals surface area (Å²) >= 11 is 4.20. The van der Waals surface area contributed by atoms with Gasteiger partial charge in [0.1, 0.15) is 0 Å². The Morgan fingerprint density at radius 2 is 1.60 bits per heavy atom. The molecule has 0 nitrogen and oxygen atoms in total. The van der Waals surface area contributed by atoms with E-state index in [1.165, 1.54) is 11.5 Å². The van der Waals surface area contributed by atoms with Crippen molar-refractivity contribution in [2.45, 2.75) is 4.58 Å². The maximum atomic E-state index is 2.30. The molecule has 1 fully saturated rings. The summed E-state index contributed by atoms with van der Waals surface area (Å²) < 4.78 is 0.815. The molecule has 0 aromatic rings. The van der Waals surface area contributed by atoms with Gasteiger partial charge < -0.3 is 0 Å². The maximum absolute atomic E-state index is 2.30. The first-order chi connectivity index (χ1) is 4.97. The lowest BCUT2D eigenvalue weighted by molar-refractivity contribution is 0.937. The molecular weight excluding hydrogens is 160 g/mol. The van der Waals surface area contributed by atoms with Crippen LogP contribution < -0.4 is 0 Å². The minimum atomic E-state index is 0.720. The van der Waals surface area contributed by atoms with Crippen molar-refractivity contribution in [2.24, 2.45) is 5.92 Å². The van der Waals surface area contributed by atoms with E-state index in [-0.39, 0.29) is 0 Å². The van der Waals surface area contributed by atoms with Crippen LogP contribution in [-0.4, -0.2) is 16.1 Å². The van der Waals surface area contributed by atoms with E-state index in [4.69, 9.17) is 0 Å². The van der Waals surface area contributed by atoms with Crippen molar-refractivity contribution in [1.29, 1.82) is 0 Å². The zero-order chi connectivity index (χ0) is 6.81. The standard InChI is InChI=1S/C8H10S2/c1-2-4-7(3-1)8-9-5-6-10-8/h1-4,7-8H,5-6H2. The first-order valence-corrected chi connectivity index (χ1v) is 5.65. The fraction of sp³-hybridized carbons (Fsp3) is 0.500. The Morgan fingerprint density at radius 1 is 1.00 bits per heavy atom. The molecule has 0 radical (unpaired) electrons. The Kier molecular flexibility index (Phi) is 2.10. The van der Waals surface area contributed by atoms with Crippen LogP contribution in [0, 0.1) is 5.92 Å². The quantitative estimate of drug-likeness (QED) is 0.593. The molecule has 0 atom stereocenters. The molecule has 1 aliphatic heterocycles. The summed E-state index contributed by atoms with van der Waals surface area (Å²) in [7, 11) is 0. The summed E-state index contributed by atoms with van der Waals surface area (Å²) in [4.78, 5) is 0. The molecule has 2 rings (SSSR count). The molecule has 0 unspecified atom stereocenters. The van der Waals surface area contributed by atoms with Crippen LogP contribution in [0.15, 0.2) is 24.3 Å². The second-order valence-corrected chi connectivity index (χ2v) is 5.25. The average molecular weight is 170 g/mol. The van der Waals surface area contributed by atoms with E-state index in [9.17, 15) is 0 Å². The fourth-order valence-corrected chi connectivity index (χ4v) is 4.23. The van der Waals surface area contributed by atoms with Crippen molar-refractivity contribution >= 4 is 23.5 Å². The molecule has 0 amide bonds. The first kappa shape index (κ1) is 6.86. The molecule has 1 aliphatic carbocycles. The van der Waals surface area contributed by atoms with Gasteiger partial charge in [-0.25, -0.2) is 0 Å². The molecule has 54 valence electrons. The zero-order valence-corrected chi connectivity index (χ0v) is 7.33. The van der Waals surface area contributed by atoms with Crippen molar-refractivity contribution in [3.05, 3.63) is 24.3 Å². The second-order valence-electron chi connectivity index (χ2n) is 2.46. The lowest BCUT2D eigenvalue weighted by atomic mass is 10.2. The predicted molar refractivity (Wildman–Crippen MR) is 50.5 cm³/mol. The molecule has 0 spiro atoms. The molecule has 0 bridgehead atoms. The number of rotatable bonds is 1. The monoisotopic (exact) mass is 170 g/mol. The summed E-state index contributed by atoms with van der Waals surface area (Å²) in [5.41, 5.74) is 0. The molecule has 10 heavy (non-hydrogen) atoms. The van der Waals surface area contributed by atoms with Crippen LogP contribution in [0.3, 0.4) is 0 Å². The van der Waals surface area contributed by atoms with Crippen LogP contribution in [-0.2, 0) is 0 Å². The summed E-state index contributed by atoms with van der Waals surface area (Å²) in [6, 6.07) is 0. The molecule has 0 aromatic heterocycles. The van der Waals surface area contributed by atoms with E-state index in [0.29, 0.717) is 0 Å². The zero-order valence-electron chi connectivity index (χ0n) is 5.69. The van der Waals surface area contributed by atoms with E-state index >= 15 is 0 Å². The van der Waals surface area contributed by atoms with Crippen LogP contribution in [0.4, 0.5) is 0 Å². The molecule has 0 aromatic carbocycles. The predicted octanol–water partition coefficient (Wildman–Crippen LogP) is 2.53. The minimum Gasteiger partial charge on any atom is -0.146 e. The molecule has 2 heteroatoms. The van der Waals surface area contributed by atoms with Gasteiger partial charge in [0.05, 0.1) is 4.58 Å². The summed E-state index contributed by atoms with van der Waals surface area (Å²) in [5, 5.41) is 0. The number of thioether (sulfide) groups is 2. The highest BCUT2D eigenvalue weighted by atomic mass is 32.2. The van der Waals surface area contributed by atoms with E-state index in [0.717, 1.165) is 10.5 Å². The largest absolute Gasteiger partial charge is 0.146 e. The maximum Gasteiger partial charge on any atom is 0.0600 e. The Bertz CT molecular complexity index is 154. The van der Waals surface area contributed by atoms with Gasteiger partial charge in [0, 0.05) is 17.4 Å². The molecule has 0 saturated carbocycles. The van der Waals surface area contributed by atoms with E-state index in [2.05, 4.69) is 47.8 Å². The van der Waals surface area contributed by atoms with Gasteiger partial charge in [-0.3, -0.25) is 0 Å². The third-order valence-electron chi connectivity index (χ3n) is 1.74. The Balaban J connectivity index is 1.98. The number of hydrogen-bond acceptors (Lipinski definition) is 2. The van der Waals surface area contributed by atoms with Gasteiger partial charge in [0.15, 0.2) is 0 Å². The average Bonchev–Trinajstić information content (AvgIpc) is 2.59. The van der Waals surface area contributed by atoms with Crippen molar-refractivity contribution in [3.63, 3.8) is 0 Å². The molecule has 0 N–H and O–H groups in total. The van der Waals surface area contributed by atoms with Gasteiger partial charge >= 0.3 is 0 Å². The normalized spacial score (nSPS) is 26.8. The number of hydrogen-bond donors (Lipinski definition) is 0. The topological polar surface area (TPSA) is 0 Å². The Hall–Kier alpha value is 0.180. The Labute approximate surface area is 70.1 Å². The van der Waals surface area contributed by atoms with Gasteiger partial charge in [-0.05, 0) is 0 Å². The molecular formula is C8H10S2. The van der Waals surface area contributed by atoms with Crippen LogP contribution in [0.1, 0.15) is 0 Å². The second kappa shape index (κ2) is 3.05. The molecule has 1 heterocycles. The third kappa shape index (κ3) is 1.28. The van der Waals surface area contributed by atoms with Crippen LogP contribution in [0.25, 0.3) is 0 Å². The third-order valence-corrected chi connectivity index (χ3v) is 4.98. The summed E-state index contributed by atoms with van der Waals surface area (Å²) in [6.07, 6.45) is 8.92. The summed E-state index contributed by atoms with van der Waals surface area (Å²) in [6.45, 7) is 0. The molecule has 2 aliphatic rings. The SMILES string of the molecule is C1=CC(C2SCCS2)C=C1. The Morgan fingerprint density at radius 3 is 2.20 bits per heavy atom. The van der Waals surface area contributed by atoms with Gasteiger partial charge in [-0.2, -0.15) is 0 Å². The van der Waals surface area contributed by atoms with Gasteiger partial charge in [0.25, 0.3) is 0 Å². The van der Waals surface area contributed by atoms with Crippen molar-refractivity contribution in [1.82, 2.24) is 0 Å². The lowest BCUT2D eigenvalue weighted by Crippen LogP contribution is -2.03. The van der Waals surface area contributed by atoms with Crippen molar-refractivity contribution < 1.29 is 0 Å². The lowest BCUT2D eigenvalue weighted by Gasteiger charge is -2.11. The van der Waals surface area contributed by atoms with E-state index < -0.39 is 0 Å². The van der Waals surface area contributed by atoms with E-state index in [1.54, 1.807) is 0 Å². The van der Waals surface area contributed by atoms with Crippen LogP contribution in [0.2, 0.25) is 0 Å². The van der Waals surface area contributed by atoms with Gasteiger partial charge in [-0.1, -0.05) is 24.3 Å². The van der Waals surface area contributed by atoms with Crippen LogP contribution in [0.5, 0.6) is 0 Å². The highest BCUT2D eigenvalue weighted by Crippen LogP contribution is 2.39. The smallest absolute Gasteiger partial charge is 0.0600 e. The minimum absolute atomic E-state index is 0.720. The number of allylic oxidation sites excluding steroid dienone is 4. The first-order valence-electron chi connectivity index (χ1n) is 3.55. The van der Waals surface area contributed by atoms with Gasteiger partial charge in [-0.15, -0.1) is 23.5 Å². The van der Waals surface area contributed by atoms with E-state index in [1.807, 2.05) is 0 Å². The fourth-order valence-electron chi connectivity index (χ4n) is 1.23. The highest BCUT2D eigenvalue weighted by Gasteiger charge is 2.23.